The van der Waals surface area contributed by atoms with E-state index in [9.17, 15) is 14.4 Å². The zero-order valence-electron chi connectivity index (χ0n) is 19.5. The summed E-state index contributed by atoms with van der Waals surface area (Å²) in [5.41, 5.74) is 3.14. The number of carbonyl (C=O) groups excluding carboxylic acids is 3. The maximum absolute atomic E-state index is 12.9. The van der Waals surface area contributed by atoms with Gasteiger partial charge in [-0.05, 0) is 55.0 Å². The van der Waals surface area contributed by atoms with E-state index in [2.05, 4.69) is 15.5 Å². The molecule has 1 saturated heterocycles. The van der Waals surface area contributed by atoms with E-state index < -0.39 is 11.9 Å². The normalized spacial score (nSPS) is 24.0. The summed E-state index contributed by atoms with van der Waals surface area (Å²) in [5, 5.41) is 5.95. The minimum atomic E-state index is -0.620. The van der Waals surface area contributed by atoms with Crippen molar-refractivity contribution in [1.29, 1.82) is 0 Å². The van der Waals surface area contributed by atoms with Gasteiger partial charge < -0.3 is 15.0 Å². The highest BCUT2D eigenvalue weighted by Gasteiger charge is 2.39. The van der Waals surface area contributed by atoms with Gasteiger partial charge in [-0.2, -0.15) is 0 Å². The third kappa shape index (κ3) is 4.91. The second-order valence-electron chi connectivity index (χ2n) is 9.43. The van der Waals surface area contributed by atoms with Crippen LogP contribution in [-0.2, 0) is 22.7 Å². The van der Waals surface area contributed by atoms with Crippen LogP contribution >= 0.6 is 0 Å². The first-order valence-electron chi connectivity index (χ1n) is 12.2. The average Bonchev–Trinajstić information content (AvgIpc) is 3.19. The number of nitrogens with one attached hydrogen (secondary N) is 2. The van der Waals surface area contributed by atoms with Crippen LogP contribution in [0.25, 0.3) is 4.85 Å². The van der Waals surface area contributed by atoms with Crippen LogP contribution in [0.3, 0.4) is 0 Å². The van der Waals surface area contributed by atoms with Crippen molar-refractivity contribution < 1.29 is 19.1 Å². The minimum Gasteiger partial charge on any atom is -0.489 e. The van der Waals surface area contributed by atoms with Gasteiger partial charge in [-0.25, -0.2) is 4.85 Å². The molecule has 1 saturated carbocycles. The first kappa shape index (κ1) is 23.1. The zero-order chi connectivity index (χ0) is 24.4. The Hall–Kier alpha value is -3.70. The maximum Gasteiger partial charge on any atom is 0.255 e. The number of nitrogens with zero attached hydrogens (tertiary/aromatic N) is 2. The lowest BCUT2D eigenvalue weighted by Gasteiger charge is -2.33. The molecule has 2 heterocycles. The molecule has 1 unspecified atom stereocenters. The van der Waals surface area contributed by atoms with Crippen molar-refractivity contribution in [1.82, 2.24) is 15.5 Å². The van der Waals surface area contributed by atoms with E-state index in [1.807, 2.05) is 36.4 Å². The molecule has 2 fully saturated rings. The molecule has 0 bridgehead atoms. The second-order valence-corrected chi connectivity index (χ2v) is 9.43. The van der Waals surface area contributed by atoms with Gasteiger partial charge in [0.1, 0.15) is 17.9 Å². The third-order valence-electron chi connectivity index (χ3n) is 7.09. The monoisotopic (exact) mass is 472 g/mol. The molecule has 3 amide bonds. The fraction of sp³-hybridized carbons (Fsp3) is 0.407. The van der Waals surface area contributed by atoms with Crippen molar-refractivity contribution in [3.8, 4) is 5.75 Å². The Kier molecular flexibility index (Phi) is 6.51. The predicted molar refractivity (Wildman–Crippen MR) is 129 cm³/mol. The molecule has 2 aliphatic heterocycles. The van der Waals surface area contributed by atoms with Gasteiger partial charge in [-0.1, -0.05) is 30.7 Å². The Morgan fingerprint density at radius 2 is 1.94 bits per heavy atom. The number of imide groups is 1. The van der Waals surface area contributed by atoms with Crippen molar-refractivity contribution in [2.45, 2.75) is 69.8 Å². The fourth-order valence-corrected chi connectivity index (χ4v) is 5.26. The number of hydrogen-bond donors (Lipinski definition) is 2. The Morgan fingerprint density at radius 3 is 2.77 bits per heavy atom. The number of benzene rings is 2. The number of amides is 3. The lowest BCUT2D eigenvalue weighted by Crippen LogP contribution is -2.52. The number of carbonyl (C=O) groups is 3. The average molecular weight is 473 g/mol. The lowest BCUT2D eigenvalue weighted by atomic mass is 9.92. The van der Waals surface area contributed by atoms with Crippen LogP contribution in [0, 0.1) is 6.57 Å². The Balaban J connectivity index is 1.25. The van der Waals surface area contributed by atoms with Gasteiger partial charge in [0.2, 0.25) is 11.8 Å². The van der Waals surface area contributed by atoms with Crippen LogP contribution in [0.1, 0.15) is 60.0 Å². The quantitative estimate of drug-likeness (QED) is 0.496. The topological polar surface area (TPSA) is 92.1 Å². The van der Waals surface area contributed by atoms with Crippen LogP contribution in [-0.4, -0.2) is 40.8 Å². The van der Waals surface area contributed by atoms with Crippen LogP contribution in [0.4, 0.5) is 5.69 Å². The third-order valence-corrected chi connectivity index (χ3v) is 7.09. The molecule has 0 spiro atoms. The highest BCUT2D eigenvalue weighted by Crippen LogP contribution is 2.32. The first-order valence-corrected chi connectivity index (χ1v) is 12.2. The van der Waals surface area contributed by atoms with Gasteiger partial charge >= 0.3 is 0 Å². The van der Waals surface area contributed by atoms with E-state index in [0.29, 0.717) is 30.8 Å². The Labute approximate surface area is 204 Å². The lowest BCUT2D eigenvalue weighted by molar-refractivity contribution is -0.136. The number of hydrogen-bond acceptors (Lipinski definition) is 5. The first-order chi connectivity index (χ1) is 17.0. The molecule has 0 radical (unpaired) electrons. The number of piperidine rings is 1. The van der Waals surface area contributed by atoms with Gasteiger partial charge in [0.25, 0.3) is 5.91 Å². The van der Waals surface area contributed by atoms with Crippen LogP contribution < -0.4 is 15.4 Å². The van der Waals surface area contributed by atoms with E-state index >= 15 is 0 Å². The standard InChI is InChI=1S/C27H28N4O4/c1-28-19-6-4-5-17(13-19)15-29-22-7-2-3-8-24(22)35-20-9-10-21-18(14-20)16-31(27(21)34)23-11-12-25(32)30-26(23)33/h4-6,9-10,13-14,22-24,29H,2-3,7-8,11-12,15-16H2,(H,30,32,33)/t22-,23?,24-/m0/s1. The largest absolute Gasteiger partial charge is 0.489 e. The molecule has 3 atom stereocenters. The molecule has 2 aromatic carbocycles. The molecular formula is C27H28N4O4. The van der Waals surface area contributed by atoms with Crippen molar-refractivity contribution in [2.75, 3.05) is 0 Å². The van der Waals surface area contributed by atoms with E-state index in [-0.39, 0.29) is 30.4 Å². The molecule has 5 rings (SSSR count). The summed E-state index contributed by atoms with van der Waals surface area (Å²) >= 11 is 0. The molecule has 2 N–H and O–H groups in total. The smallest absolute Gasteiger partial charge is 0.255 e. The van der Waals surface area contributed by atoms with Crippen molar-refractivity contribution >= 4 is 23.4 Å². The van der Waals surface area contributed by atoms with Crippen molar-refractivity contribution in [3.05, 3.63) is 70.6 Å². The van der Waals surface area contributed by atoms with Gasteiger partial charge in [0.05, 0.1) is 6.57 Å². The van der Waals surface area contributed by atoms with E-state index in [1.54, 1.807) is 11.0 Å². The summed E-state index contributed by atoms with van der Waals surface area (Å²) in [5.74, 6) is -0.159. The molecular weight excluding hydrogens is 444 g/mol. The van der Waals surface area contributed by atoms with Crippen molar-refractivity contribution in [2.24, 2.45) is 0 Å². The summed E-state index contributed by atoms with van der Waals surface area (Å²) in [4.78, 5) is 41.8. The second kappa shape index (κ2) is 9.88. The predicted octanol–water partition coefficient (Wildman–Crippen LogP) is 3.48. The number of rotatable bonds is 6. The van der Waals surface area contributed by atoms with Gasteiger partial charge in [0.15, 0.2) is 5.69 Å². The minimum absolute atomic E-state index is 0.00851. The highest BCUT2D eigenvalue weighted by atomic mass is 16.5. The maximum atomic E-state index is 12.9. The van der Waals surface area contributed by atoms with Crippen molar-refractivity contribution in [3.63, 3.8) is 0 Å². The SMILES string of the molecule is [C-]#[N+]c1cccc(CN[C@H]2CCCC[C@@H]2Oc2ccc3c(c2)CN(C2CCC(=O)NC2=O)C3=O)c1. The molecule has 180 valence electrons. The number of ether oxygens (including phenoxy) is 1. The van der Waals surface area contributed by atoms with Crippen LogP contribution in [0.5, 0.6) is 5.75 Å². The van der Waals surface area contributed by atoms with E-state index in [0.717, 1.165) is 42.6 Å². The molecule has 2 aromatic rings. The summed E-state index contributed by atoms with van der Waals surface area (Å²) in [6.45, 7) is 8.22. The van der Waals surface area contributed by atoms with Crippen LogP contribution in [0.15, 0.2) is 42.5 Å². The molecule has 8 heteroatoms. The highest BCUT2D eigenvalue weighted by molar-refractivity contribution is 6.05. The van der Waals surface area contributed by atoms with Gasteiger partial charge in [0, 0.05) is 31.1 Å². The summed E-state index contributed by atoms with van der Waals surface area (Å²) in [7, 11) is 0. The Bertz CT molecular complexity index is 1200. The van der Waals surface area contributed by atoms with E-state index in [1.165, 1.54) is 0 Å². The fourth-order valence-electron chi connectivity index (χ4n) is 5.26. The zero-order valence-corrected chi connectivity index (χ0v) is 19.5. The van der Waals surface area contributed by atoms with Crippen LogP contribution in [0.2, 0.25) is 0 Å². The van der Waals surface area contributed by atoms with Gasteiger partial charge in [-0.3, -0.25) is 19.7 Å². The molecule has 1 aliphatic carbocycles. The number of fused-ring (bicyclic) bond motifs is 1. The van der Waals surface area contributed by atoms with E-state index in [4.69, 9.17) is 11.3 Å². The molecule has 3 aliphatic rings. The summed E-state index contributed by atoms with van der Waals surface area (Å²) in [6.07, 6.45) is 4.79. The summed E-state index contributed by atoms with van der Waals surface area (Å²) < 4.78 is 6.41. The molecule has 8 nitrogen and oxygen atoms in total. The van der Waals surface area contributed by atoms with Gasteiger partial charge in [-0.15, -0.1) is 0 Å². The Morgan fingerprint density at radius 1 is 1.09 bits per heavy atom. The molecule has 0 aromatic heterocycles. The molecule has 35 heavy (non-hydrogen) atoms. The summed E-state index contributed by atoms with van der Waals surface area (Å²) in [6, 6.07) is 12.7.